The minimum atomic E-state index is 0.739. The van der Waals surface area contributed by atoms with Gasteiger partial charge in [-0.05, 0) is 68.9 Å². The van der Waals surface area contributed by atoms with Crippen molar-refractivity contribution in [1.82, 2.24) is 10.2 Å². The van der Waals surface area contributed by atoms with Crippen molar-refractivity contribution in [2.45, 2.75) is 39.7 Å². The van der Waals surface area contributed by atoms with E-state index in [0.717, 1.165) is 18.4 Å². The highest BCUT2D eigenvalue weighted by atomic mass is 15.1. The maximum absolute atomic E-state index is 3.63. The first-order valence-electron chi connectivity index (χ1n) is 8.10. The molecule has 1 saturated heterocycles. The lowest BCUT2D eigenvalue weighted by molar-refractivity contribution is 0.216. The van der Waals surface area contributed by atoms with Gasteiger partial charge in [0.15, 0.2) is 0 Å². The zero-order chi connectivity index (χ0) is 14.4. The molecule has 1 fully saturated rings. The summed E-state index contributed by atoms with van der Waals surface area (Å²) in [4.78, 5) is 2.43. The molecule has 1 heterocycles. The molecule has 0 aromatic heterocycles. The summed E-state index contributed by atoms with van der Waals surface area (Å²) in [6.07, 6.45) is 3.87. The first kappa shape index (κ1) is 15.5. The molecule has 0 bridgehead atoms. The fourth-order valence-corrected chi connectivity index (χ4v) is 2.95. The number of piperidine rings is 1. The van der Waals surface area contributed by atoms with Crippen LogP contribution in [0.3, 0.4) is 0 Å². The SMILES string of the molecule is CC(C)Cc1ccc(CNCC2CCN(C)CC2)cc1. The molecule has 20 heavy (non-hydrogen) atoms. The Morgan fingerprint density at radius 3 is 2.30 bits per heavy atom. The summed E-state index contributed by atoms with van der Waals surface area (Å²) in [6.45, 7) is 9.25. The Kier molecular flexibility index (Phi) is 6.06. The average molecular weight is 274 g/mol. The summed E-state index contributed by atoms with van der Waals surface area (Å²) in [7, 11) is 2.22. The monoisotopic (exact) mass is 274 g/mol. The second-order valence-corrected chi connectivity index (χ2v) is 6.79. The van der Waals surface area contributed by atoms with Gasteiger partial charge in [0.05, 0.1) is 0 Å². The van der Waals surface area contributed by atoms with Gasteiger partial charge in [-0.15, -0.1) is 0 Å². The Morgan fingerprint density at radius 1 is 1.10 bits per heavy atom. The van der Waals surface area contributed by atoms with Crippen molar-refractivity contribution in [3.05, 3.63) is 35.4 Å². The first-order valence-corrected chi connectivity index (χ1v) is 8.10. The first-order chi connectivity index (χ1) is 9.63. The van der Waals surface area contributed by atoms with E-state index >= 15 is 0 Å². The lowest BCUT2D eigenvalue weighted by atomic mass is 9.97. The van der Waals surface area contributed by atoms with Crippen LogP contribution >= 0.6 is 0 Å². The third kappa shape index (κ3) is 5.26. The van der Waals surface area contributed by atoms with Gasteiger partial charge in [0.2, 0.25) is 0 Å². The van der Waals surface area contributed by atoms with Crippen molar-refractivity contribution in [3.63, 3.8) is 0 Å². The van der Waals surface area contributed by atoms with E-state index in [1.807, 2.05) is 0 Å². The predicted molar refractivity (Wildman–Crippen MR) is 86.9 cm³/mol. The lowest BCUT2D eigenvalue weighted by Crippen LogP contribution is -2.34. The molecular weight excluding hydrogens is 244 g/mol. The molecular formula is C18H30N2. The van der Waals surface area contributed by atoms with Crippen molar-refractivity contribution >= 4 is 0 Å². The van der Waals surface area contributed by atoms with Crippen LogP contribution in [0.2, 0.25) is 0 Å². The van der Waals surface area contributed by atoms with E-state index in [9.17, 15) is 0 Å². The second-order valence-electron chi connectivity index (χ2n) is 6.79. The topological polar surface area (TPSA) is 15.3 Å². The summed E-state index contributed by atoms with van der Waals surface area (Å²) in [5.74, 6) is 1.61. The molecule has 2 rings (SSSR count). The standard InChI is InChI=1S/C18H30N2/c1-15(2)12-16-4-6-17(7-5-16)13-19-14-18-8-10-20(3)11-9-18/h4-7,15,18-19H,8-14H2,1-3H3. The maximum Gasteiger partial charge on any atom is 0.0205 e. The molecule has 0 aliphatic carbocycles. The minimum absolute atomic E-state index is 0.739. The van der Waals surface area contributed by atoms with Gasteiger partial charge in [-0.1, -0.05) is 38.1 Å². The lowest BCUT2D eigenvalue weighted by Gasteiger charge is -2.29. The Hall–Kier alpha value is -0.860. The fourth-order valence-electron chi connectivity index (χ4n) is 2.95. The molecule has 1 aromatic carbocycles. The third-order valence-corrected chi connectivity index (χ3v) is 4.27. The highest BCUT2D eigenvalue weighted by Crippen LogP contribution is 2.15. The van der Waals surface area contributed by atoms with Crippen molar-refractivity contribution in [3.8, 4) is 0 Å². The van der Waals surface area contributed by atoms with Crippen LogP contribution in [0.15, 0.2) is 24.3 Å². The molecule has 0 radical (unpaired) electrons. The smallest absolute Gasteiger partial charge is 0.0205 e. The Balaban J connectivity index is 1.69. The van der Waals surface area contributed by atoms with Gasteiger partial charge in [-0.25, -0.2) is 0 Å². The Labute approximate surface area is 124 Å². The molecule has 2 heteroatoms. The summed E-state index contributed by atoms with van der Waals surface area (Å²) in [5, 5.41) is 3.63. The number of hydrogen-bond acceptors (Lipinski definition) is 2. The van der Waals surface area contributed by atoms with Crippen LogP contribution in [-0.4, -0.2) is 31.6 Å². The predicted octanol–water partition coefficient (Wildman–Crippen LogP) is 3.32. The van der Waals surface area contributed by atoms with Crippen LogP contribution in [0.4, 0.5) is 0 Å². The van der Waals surface area contributed by atoms with Crippen LogP contribution in [0.5, 0.6) is 0 Å². The average Bonchev–Trinajstić information content (AvgIpc) is 2.42. The molecule has 1 aromatic rings. The summed E-state index contributed by atoms with van der Waals surface area (Å²) in [6, 6.07) is 9.12. The minimum Gasteiger partial charge on any atom is -0.312 e. The number of nitrogens with zero attached hydrogens (tertiary/aromatic N) is 1. The van der Waals surface area contributed by atoms with Gasteiger partial charge in [-0.3, -0.25) is 0 Å². The molecule has 112 valence electrons. The molecule has 2 nitrogen and oxygen atoms in total. The number of likely N-dealkylation sites (tertiary alicyclic amines) is 1. The molecule has 0 unspecified atom stereocenters. The number of benzene rings is 1. The van der Waals surface area contributed by atoms with Gasteiger partial charge < -0.3 is 10.2 Å². The zero-order valence-electron chi connectivity index (χ0n) is 13.4. The van der Waals surface area contributed by atoms with Crippen LogP contribution in [0.1, 0.15) is 37.8 Å². The van der Waals surface area contributed by atoms with E-state index in [2.05, 4.69) is 55.4 Å². The van der Waals surface area contributed by atoms with Gasteiger partial charge in [0, 0.05) is 6.54 Å². The largest absolute Gasteiger partial charge is 0.312 e. The van der Waals surface area contributed by atoms with Gasteiger partial charge in [-0.2, -0.15) is 0 Å². The van der Waals surface area contributed by atoms with Crippen molar-refractivity contribution in [1.29, 1.82) is 0 Å². The van der Waals surface area contributed by atoms with Crippen molar-refractivity contribution in [2.24, 2.45) is 11.8 Å². The second kappa shape index (κ2) is 7.80. The summed E-state index contributed by atoms with van der Waals surface area (Å²) in [5.41, 5.74) is 2.87. The van der Waals surface area contributed by atoms with Crippen LogP contribution in [-0.2, 0) is 13.0 Å². The normalized spacial score (nSPS) is 17.8. The third-order valence-electron chi connectivity index (χ3n) is 4.27. The van der Waals surface area contributed by atoms with E-state index in [1.54, 1.807) is 0 Å². The van der Waals surface area contributed by atoms with E-state index in [0.29, 0.717) is 0 Å². The molecule has 0 amide bonds. The summed E-state index contributed by atoms with van der Waals surface area (Å²) < 4.78 is 0. The molecule has 0 saturated carbocycles. The number of rotatable bonds is 6. The highest BCUT2D eigenvalue weighted by molar-refractivity contribution is 5.22. The van der Waals surface area contributed by atoms with E-state index in [4.69, 9.17) is 0 Å². The molecule has 1 N–H and O–H groups in total. The van der Waals surface area contributed by atoms with Crippen molar-refractivity contribution in [2.75, 3.05) is 26.7 Å². The number of hydrogen-bond donors (Lipinski definition) is 1. The fraction of sp³-hybridized carbons (Fsp3) is 0.667. The van der Waals surface area contributed by atoms with Gasteiger partial charge in [0.25, 0.3) is 0 Å². The zero-order valence-corrected chi connectivity index (χ0v) is 13.4. The maximum atomic E-state index is 3.63. The van der Waals surface area contributed by atoms with E-state index < -0.39 is 0 Å². The summed E-state index contributed by atoms with van der Waals surface area (Å²) >= 11 is 0. The molecule has 1 aliphatic heterocycles. The Bertz CT molecular complexity index is 375. The van der Waals surface area contributed by atoms with Crippen LogP contribution in [0, 0.1) is 11.8 Å². The van der Waals surface area contributed by atoms with Crippen LogP contribution < -0.4 is 5.32 Å². The quantitative estimate of drug-likeness (QED) is 0.856. The highest BCUT2D eigenvalue weighted by Gasteiger charge is 2.15. The van der Waals surface area contributed by atoms with Crippen molar-refractivity contribution < 1.29 is 0 Å². The van der Waals surface area contributed by atoms with Gasteiger partial charge >= 0.3 is 0 Å². The molecule has 0 atom stereocenters. The van der Waals surface area contributed by atoms with E-state index in [1.165, 1.54) is 50.0 Å². The molecule has 1 aliphatic rings. The Morgan fingerprint density at radius 2 is 1.70 bits per heavy atom. The van der Waals surface area contributed by atoms with Crippen LogP contribution in [0.25, 0.3) is 0 Å². The number of nitrogens with one attached hydrogen (secondary N) is 1. The van der Waals surface area contributed by atoms with E-state index in [-0.39, 0.29) is 0 Å². The molecule has 0 spiro atoms. The van der Waals surface area contributed by atoms with Gasteiger partial charge in [0.1, 0.15) is 0 Å².